The average molecular weight is 512 g/mol. The fraction of sp³-hybridized carbons (Fsp3) is 0.593. The van der Waals surface area contributed by atoms with Gasteiger partial charge in [-0.3, -0.25) is 9.36 Å². The number of hydrogen-bond acceptors (Lipinski definition) is 6. The van der Waals surface area contributed by atoms with E-state index in [1.165, 1.54) is 4.57 Å². The molecule has 5 rings (SSSR count). The molecule has 2 aliphatic heterocycles. The summed E-state index contributed by atoms with van der Waals surface area (Å²) in [4.78, 5) is 30.1. The van der Waals surface area contributed by atoms with Gasteiger partial charge in [0.2, 0.25) is 0 Å². The van der Waals surface area contributed by atoms with Crippen LogP contribution in [0.2, 0.25) is 18.1 Å². The molecule has 3 aliphatic rings. The van der Waals surface area contributed by atoms with Crippen molar-refractivity contribution in [2.75, 3.05) is 5.32 Å². The first-order chi connectivity index (χ1) is 17.3. The van der Waals surface area contributed by atoms with Crippen molar-refractivity contribution in [2.45, 2.75) is 102 Å². The van der Waals surface area contributed by atoms with Crippen LogP contribution in [0.3, 0.4) is 0 Å². The topological polar surface area (TPSA) is 91.7 Å². The molecule has 2 saturated heterocycles. The third-order valence-corrected chi connectivity index (χ3v) is 13.3. The summed E-state index contributed by atoms with van der Waals surface area (Å²) < 4.78 is 22.0. The number of nitrogens with one attached hydrogen (secondary N) is 1. The van der Waals surface area contributed by atoms with Crippen molar-refractivity contribution in [3.63, 3.8) is 0 Å². The predicted octanol–water partition coefficient (Wildman–Crippen LogP) is 4.80. The van der Waals surface area contributed by atoms with Gasteiger partial charge < -0.3 is 19.2 Å². The van der Waals surface area contributed by atoms with Gasteiger partial charge in [0.15, 0.2) is 14.5 Å². The van der Waals surface area contributed by atoms with Crippen LogP contribution in [-0.2, 0) is 13.9 Å². The Hall–Kier alpha value is -2.33. The van der Waals surface area contributed by atoms with Crippen LogP contribution in [0.4, 0.5) is 5.82 Å². The van der Waals surface area contributed by atoms with Gasteiger partial charge in [-0.15, -0.1) is 0 Å². The number of carbonyl (C=O) groups is 1. The van der Waals surface area contributed by atoms with Gasteiger partial charge in [0.25, 0.3) is 5.91 Å². The molecule has 36 heavy (non-hydrogen) atoms. The lowest BCUT2D eigenvalue weighted by Crippen LogP contribution is -2.53. The van der Waals surface area contributed by atoms with Crippen LogP contribution in [-0.4, -0.2) is 47.2 Å². The Morgan fingerprint density at radius 2 is 1.81 bits per heavy atom. The van der Waals surface area contributed by atoms with Gasteiger partial charge in [0.05, 0.1) is 0 Å². The highest BCUT2D eigenvalue weighted by Gasteiger charge is 2.78. The maximum absolute atomic E-state index is 13.2. The third-order valence-electron chi connectivity index (χ3n) is 8.72. The Kier molecular flexibility index (Phi) is 6.47. The van der Waals surface area contributed by atoms with Crippen LogP contribution in [0.15, 0.2) is 41.3 Å². The van der Waals surface area contributed by atoms with E-state index in [-0.39, 0.29) is 29.5 Å². The van der Waals surface area contributed by atoms with Crippen molar-refractivity contribution >= 4 is 20.0 Å². The Bertz CT molecular complexity index is 1190. The van der Waals surface area contributed by atoms with Crippen LogP contribution in [0.25, 0.3) is 0 Å². The lowest BCUT2D eigenvalue weighted by Gasteiger charge is -2.40. The largest absolute Gasteiger partial charge is 0.408 e. The molecule has 1 saturated carbocycles. The van der Waals surface area contributed by atoms with Crippen molar-refractivity contribution in [2.24, 2.45) is 0 Å². The first kappa shape index (κ1) is 25.3. The molecule has 3 fully saturated rings. The summed E-state index contributed by atoms with van der Waals surface area (Å²) in [5, 5.41) is 2.77. The highest BCUT2D eigenvalue weighted by molar-refractivity contribution is 6.73. The molecule has 2 bridgehead atoms. The lowest BCUT2D eigenvalue weighted by molar-refractivity contribution is -0.225. The summed E-state index contributed by atoms with van der Waals surface area (Å²) in [6.45, 7) is 10.6. The van der Waals surface area contributed by atoms with Crippen molar-refractivity contribution in [3.8, 4) is 0 Å². The van der Waals surface area contributed by atoms with E-state index in [1.807, 2.05) is 13.0 Å². The Morgan fingerprint density at radius 3 is 2.39 bits per heavy atom. The number of amides is 1. The standard InChI is InChI=1S/C27H37N3O5Si/c1-6-27-21(35-36(7-2,8-3)9-4)20(33-26(27)15-16-26)24(34-27)30-17-18(5)22(29-25(30)32)28-23(31)19-13-11-10-12-14-19/h10-14,17,20-21,24H,6-9,15-16H2,1-5H3,(H,28,29,31,32)/t20?,21-,24-,27-/m1/s1. The molecule has 1 unspecified atom stereocenters. The van der Waals surface area contributed by atoms with Gasteiger partial charge >= 0.3 is 5.69 Å². The lowest BCUT2D eigenvalue weighted by atomic mass is 9.88. The summed E-state index contributed by atoms with van der Waals surface area (Å²) >= 11 is 0. The van der Waals surface area contributed by atoms with Crippen LogP contribution in [0.5, 0.6) is 0 Å². The smallest absolute Gasteiger partial charge is 0.351 e. The second-order valence-corrected chi connectivity index (χ2v) is 15.1. The third kappa shape index (κ3) is 3.79. The number of aromatic nitrogens is 2. The zero-order valence-electron chi connectivity index (χ0n) is 21.9. The first-order valence-electron chi connectivity index (χ1n) is 13.3. The molecule has 1 aromatic heterocycles. The van der Waals surface area contributed by atoms with E-state index >= 15 is 0 Å². The van der Waals surface area contributed by atoms with Crippen molar-refractivity contribution in [1.29, 1.82) is 0 Å². The summed E-state index contributed by atoms with van der Waals surface area (Å²) in [6.07, 6.45) is 3.21. The van der Waals surface area contributed by atoms with Gasteiger partial charge in [-0.25, -0.2) is 4.79 Å². The van der Waals surface area contributed by atoms with Gasteiger partial charge in [0, 0.05) is 17.3 Å². The number of anilines is 1. The fourth-order valence-electron chi connectivity index (χ4n) is 6.16. The summed E-state index contributed by atoms with van der Waals surface area (Å²) in [7, 11) is -1.95. The van der Waals surface area contributed by atoms with Crippen molar-refractivity contribution < 1.29 is 18.7 Å². The number of hydrogen-bond donors (Lipinski definition) is 1. The predicted molar refractivity (Wildman–Crippen MR) is 140 cm³/mol. The average Bonchev–Trinajstić information content (AvgIpc) is 3.55. The van der Waals surface area contributed by atoms with E-state index < -0.39 is 25.8 Å². The number of fused-ring (bicyclic) bond motifs is 3. The summed E-state index contributed by atoms with van der Waals surface area (Å²) in [6, 6.07) is 12.0. The molecular weight excluding hydrogens is 474 g/mol. The van der Waals surface area contributed by atoms with E-state index in [2.05, 4.69) is 38.0 Å². The van der Waals surface area contributed by atoms with Crippen molar-refractivity contribution in [3.05, 3.63) is 58.1 Å². The number of rotatable bonds is 9. The van der Waals surface area contributed by atoms with E-state index in [0.29, 0.717) is 11.1 Å². The molecule has 1 N–H and O–H groups in total. The second kappa shape index (κ2) is 9.20. The first-order valence-corrected chi connectivity index (χ1v) is 15.8. The molecule has 9 heteroatoms. The monoisotopic (exact) mass is 511 g/mol. The number of aryl methyl sites for hydroxylation is 1. The van der Waals surface area contributed by atoms with Gasteiger partial charge in [0.1, 0.15) is 29.2 Å². The molecule has 194 valence electrons. The SMILES string of the molecule is CC[C@]12O[C@@H](n3cc(C)c(NC(=O)c4ccccc4)nc3=O)C(OC13CC3)[C@H]2O[Si](CC)(CC)CC. The second-order valence-electron chi connectivity index (χ2n) is 10.4. The molecule has 4 atom stereocenters. The van der Waals surface area contributed by atoms with Crippen LogP contribution < -0.4 is 11.0 Å². The maximum Gasteiger partial charge on any atom is 0.351 e. The van der Waals surface area contributed by atoms with E-state index in [4.69, 9.17) is 13.9 Å². The molecular formula is C27H37N3O5Si. The quantitative estimate of drug-likeness (QED) is 0.486. The Morgan fingerprint density at radius 1 is 1.14 bits per heavy atom. The minimum atomic E-state index is -1.95. The highest BCUT2D eigenvalue weighted by Crippen LogP contribution is 2.66. The molecule has 1 amide bonds. The maximum atomic E-state index is 13.2. The molecule has 1 aromatic carbocycles. The number of nitrogens with zero attached hydrogens (tertiary/aromatic N) is 2. The molecule has 1 spiro atoms. The van der Waals surface area contributed by atoms with Crippen LogP contribution >= 0.6 is 0 Å². The van der Waals surface area contributed by atoms with E-state index in [9.17, 15) is 9.59 Å². The molecule has 3 heterocycles. The van der Waals surface area contributed by atoms with Gasteiger partial charge in [-0.1, -0.05) is 45.9 Å². The fourth-order valence-corrected chi connectivity index (χ4v) is 9.03. The van der Waals surface area contributed by atoms with Crippen LogP contribution in [0, 0.1) is 6.92 Å². The molecule has 2 aromatic rings. The van der Waals surface area contributed by atoms with E-state index in [0.717, 1.165) is 37.4 Å². The molecule has 0 radical (unpaired) electrons. The number of benzene rings is 1. The summed E-state index contributed by atoms with van der Waals surface area (Å²) in [5.41, 5.74) is -0.173. The normalized spacial score (nSPS) is 28.0. The van der Waals surface area contributed by atoms with Crippen LogP contribution in [0.1, 0.15) is 69.1 Å². The summed E-state index contributed by atoms with van der Waals surface area (Å²) in [5.74, 6) is -0.0582. The van der Waals surface area contributed by atoms with Gasteiger partial charge in [-0.05, 0) is 56.5 Å². The zero-order valence-corrected chi connectivity index (χ0v) is 22.9. The van der Waals surface area contributed by atoms with E-state index in [1.54, 1.807) is 30.5 Å². The Labute approximate surface area is 213 Å². The molecule has 8 nitrogen and oxygen atoms in total. The highest BCUT2D eigenvalue weighted by atomic mass is 28.4. The van der Waals surface area contributed by atoms with Crippen molar-refractivity contribution in [1.82, 2.24) is 9.55 Å². The molecule has 1 aliphatic carbocycles. The number of carbonyl (C=O) groups excluding carboxylic acids is 1. The zero-order chi connectivity index (χ0) is 25.7. The minimum Gasteiger partial charge on any atom is -0.408 e. The van der Waals surface area contributed by atoms with Gasteiger partial charge in [-0.2, -0.15) is 4.98 Å². The Balaban J connectivity index is 1.46. The number of ether oxygens (including phenoxy) is 2. The minimum absolute atomic E-state index is 0.203.